The van der Waals surface area contributed by atoms with E-state index in [9.17, 15) is 15.2 Å². The smallest absolute Gasteiger partial charge is 0.135 e. The van der Waals surface area contributed by atoms with Crippen LogP contribution < -0.4 is 15.0 Å². The van der Waals surface area contributed by atoms with E-state index in [-0.39, 0.29) is 5.69 Å². The van der Waals surface area contributed by atoms with E-state index < -0.39 is 6.10 Å². The van der Waals surface area contributed by atoms with Crippen molar-refractivity contribution in [3.05, 3.63) is 40.3 Å². The standard InChI is InChI=1S/C18H22N2O5/c1-10(2)5-8-14(21)11-9-15(24-3)16-12(19-22)6-7-13(20-23)17(16)18(11)25-4/h5-7,9,14,19,21-22H,8H2,1-4H3. The highest BCUT2D eigenvalue weighted by Gasteiger charge is 2.23. The second kappa shape index (κ2) is 7.96. The van der Waals surface area contributed by atoms with Crippen LogP contribution in [0.1, 0.15) is 31.9 Å². The molecule has 2 rings (SSSR count). The molecule has 0 fully saturated rings. The Balaban J connectivity index is 2.85. The first kappa shape index (κ1) is 18.7. The van der Waals surface area contributed by atoms with Crippen molar-refractivity contribution in [1.82, 2.24) is 0 Å². The summed E-state index contributed by atoms with van der Waals surface area (Å²) in [4.78, 5) is 11.3. The fourth-order valence-electron chi connectivity index (χ4n) is 2.77. The van der Waals surface area contributed by atoms with E-state index in [4.69, 9.17) is 9.47 Å². The first-order valence-electron chi connectivity index (χ1n) is 7.74. The summed E-state index contributed by atoms with van der Waals surface area (Å²) in [6.45, 7) is 3.89. The molecule has 7 nitrogen and oxygen atoms in total. The molecule has 25 heavy (non-hydrogen) atoms. The molecule has 7 heteroatoms. The minimum absolute atomic E-state index is 0.125. The van der Waals surface area contributed by atoms with Crippen molar-refractivity contribution in [3.8, 4) is 11.5 Å². The van der Waals surface area contributed by atoms with Crippen molar-refractivity contribution in [1.29, 1.82) is 0 Å². The zero-order valence-corrected chi connectivity index (χ0v) is 14.7. The SMILES string of the molecule is COc1cc(C(O)CC=C(C)C)c(OC)c2c(N=O)ccc(NO)c12. The lowest BCUT2D eigenvalue weighted by Gasteiger charge is -2.20. The molecule has 3 N–H and O–H groups in total. The van der Waals surface area contributed by atoms with Gasteiger partial charge in [-0.1, -0.05) is 11.6 Å². The average molecular weight is 346 g/mol. The molecule has 2 aromatic carbocycles. The van der Waals surface area contributed by atoms with E-state index in [1.165, 1.54) is 26.4 Å². The van der Waals surface area contributed by atoms with Crippen molar-refractivity contribution in [2.75, 3.05) is 19.7 Å². The number of hydrogen-bond acceptors (Lipinski definition) is 7. The molecule has 1 unspecified atom stereocenters. The van der Waals surface area contributed by atoms with Crippen LogP contribution in [0.4, 0.5) is 11.4 Å². The molecule has 2 aromatic rings. The molecule has 1 atom stereocenters. The number of fused-ring (bicyclic) bond motifs is 1. The molecule has 0 aliphatic rings. The van der Waals surface area contributed by atoms with Crippen molar-refractivity contribution < 1.29 is 19.8 Å². The number of nitroso groups, excluding NO2 is 1. The second-order valence-corrected chi connectivity index (χ2v) is 5.82. The van der Waals surface area contributed by atoms with Gasteiger partial charge in [-0.15, -0.1) is 4.91 Å². The van der Waals surface area contributed by atoms with Crippen LogP contribution >= 0.6 is 0 Å². The first-order chi connectivity index (χ1) is 12.0. The average Bonchev–Trinajstić information content (AvgIpc) is 2.63. The predicted molar refractivity (Wildman–Crippen MR) is 96.9 cm³/mol. The molecule has 0 aliphatic heterocycles. The number of nitrogens with zero attached hydrogens (tertiary/aromatic N) is 1. The van der Waals surface area contributed by atoms with Gasteiger partial charge in [0, 0.05) is 5.56 Å². The molecule has 0 aliphatic carbocycles. The van der Waals surface area contributed by atoms with Crippen LogP contribution in [0.25, 0.3) is 10.8 Å². The van der Waals surface area contributed by atoms with Gasteiger partial charge in [-0.05, 0) is 43.6 Å². The summed E-state index contributed by atoms with van der Waals surface area (Å²) in [5, 5.41) is 23.8. The Morgan fingerprint density at radius 1 is 1.28 bits per heavy atom. The van der Waals surface area contributed by atoms with Gasteiger partial charge >= 0.3 is 0 Å². The Kier molecular flexibility index (Phi) is 5.95. The molecule has 0 aromatic heterocycles. The zero-order valence-electron chi connectivity index (χ0n) is 14.7. The molecule has 0 bridgehead atoms. The van der Waals surface area contributed by atoms with Crippen LogP contribution in [-0.2, 0) is 0 Å². The normalized spacial score (nSPS) is 11.8. The predicted octanol–water partition coefficient (Wildman–Crippen LogP) is 4.45. The minimum atomic E-state index is -0.853. The summed E-state index contributed by atoms with van der Waals surface area (Å²) in [6, 6.07) is 4.61. The second-order valence-electron chi connectivity index (χ2n) is 5.82. The van der Waals surface area contributed by atoms with Crippen LogP contribution in [0, 0.1) is 4.91 Å². The fraction of sp³-hybridized carbons (Fsp3) is 0.333. The number of anilines is 1. The topological polar surface area (TPSA) is 100 Å². The van der Waals surface area contributed by atoms with Gasteiger partial charge in [0.25, 0.3) is 0 Å². The van der Waals surface area contributed by atoms with Gasteiger partial charge in [0.15, 0.2) is 0 Å². The highest BCUT2D eigenvalue weighted by atomic mass is 16.5. The van der Waals surface area contributed by atoms with Gasteiger partial charge in [0.1, 0.15) is 17.2 Å². The van der Waals surface area contributed by atoms with Gasteiger partial charge in [-0.25, -0.2) is 0 Å². The molecule has 0 saturated heterocycles. The first-order valence-corrected chi connectivity index (χ1v) is 7.74. The van der Waals surface area contributed by atoms with Crippen molar-refractivity contribution >= 4 is 22.1 Å². The lowest BCUT2D eigenvalue weighted by Crippen LogP contribution is -2.03. The Hall–Kier alpha value is -2.64. The summed E-state index contributed by atoms with van der Waals surface area (Å²) < 4.78 is 10.9. The third kappa shape index (κ3) is 3.57. The van der Waals surface area contributed by atoms with Crippen molar-refractivity contribution in [2.24, 2.45) is 5.18 Å². The van der Waals surface area contributed by atoms with E-state index in [0.717, 1.165) is 5.57 Å². The number of rotatable bonds is 7. The minimum Gasteiger partial charge on any atom is -0.496 e. The van der Waals surface area contributed by atoms with Gasteiger partial charge < -0.3 is 14.6 Å². The number of allylic oxidation sites excluding steroid dienone is 1. The summed E-state index contributed by atoms with van der Waals surface area (Å²) in [6.07, 6.45) is 1.44. The number of aliphatic hydroxyl groups is 1. The third-order valence-electron chi connectivity index (χ3n) is 3.96. The number of aliphatic hydroxyl groups excluding tert-OH is 1. The number of hydrogen-bond donors (Lipinski definition) is 3. The highest BCUT2D eigenvalue weighted by Crippen LogP contribution is 2.47. The Morgan fingerprint density at radius 2 is 2.00 bits per heavy atom. The Morgan fingerprint density at radius 3 is 2.52 bits per heavy atom. The molecule has 134 valence electrons. The maximum atomic E-state index is 11.3. The van der Waals surface area contributed by atoms with E-state index in [0.29, 0.717) is 39.9 Å². The van der Waals surface area contributed by atoms with E-state index >= 15 is 0 Å². The largest absolute Gasteiger partial charge is 0.496 e. The lowest BCUT2D eigenvalue weighted by molar-refractivity contribution is 0.176. The lowest BCUT2D eigenvalue weighted by atomic mass is 9.96. The number of benzene rings is 2. The van der Waals surface area contributed by atoms with Gasteiger partial charge in [-0.2, -0.15) is 0 Å². The van der Waals surface area contributed by atoms with Crippen LogP contribution in [0.2, 0.25) is 0 Å². The van der Waals surface area contributed by atoms with E-state index in [2.05, 4.69) is 10.7 Å². The van der Waals surface area contributed by atoms with Crippen molar-refractivity contribution in [2.45, 2.75) is 26.4 Å². The molecule has 0 radical (unpaired) electrons. The van der Waals surface area contributed by atoms with Crippen LogP contribution in [0.3, 0.4) is 0 Å². The maximum absolute atomic E-state index is 11.3. The summed E-state index contributed by atoms with van der Waals surface area (Å²) in [5.41, 5.74) is 4.10. The number of methoxy groups -OCH3 is 2. The molecule has 0 heterocycles. The highest BCUT2D eigenvalue weighted by molar-refractivity contribution is 6.08. The number of ether oxygens (including phenoxy) is 2. The molecular formula is C18H22N2O5. The Labute approximate surface area is 145 Å². The van der Waals surface area contributed by atoms with Crippen LogP contribution in [0.5, 0.6) is 11.5 Å². The summed E-state index contributed by atoms with van der Waals surface area (Å²) in [7, 11) is 2.92. The fourth-order valence-corrected chi connectivity index (χ4v) is 2.77. The van der Waals surface area contributed by atoms with E-state index in [1.54, 1.807) is 6.07 Å². The molecule has 0 saturated carbocycles. The number of nitrogens with one attached hydrogen (secondary N) is 1. The molecule has 0 spiro atoms. The quantitative estimate of drug-likeness (QED) is 0.389. The van der Waals surface area contributed by atoms with Gasteiger partial charge in [0.05, 0.1) is 36.8 Å². The Bertz CT molecular complexity index is 813. The van der Waals surface area contributed by atoms with E-state index in [1.807, 2.05) is 19.9 Å². The molecular weight excluding hydrogens is 324 g/mol. The van der Waals surface area contributed by atoms with Crippen LogP contribution in [0.15, 0.2) is 35.0 Å². The maximum Gasteiger partial charge on any atom is 0.135 e. The van der Waals surface area contributed by atoms with Crippen molar-refractivity contribution in [3.63, 3.8) is 0 Å². The third-order valence-corrected chi connectivity index (χ3v) is 3.96. The monoisotopic (exact) mass is 346 g/mol. The summed E-state index contributed by atoms with van der Waals surface area (Å²) in [5.74, 6) is 0.696. The van der Waals surface area contributed by atoms with Gasteiger partial charge in [-0.3, -0.25) is 10.7 Å². The van der Waals surface area contributed by atoms with Gasteiger partial charge in [0.2, 0.25) is 0 Å². The summed E-state index contributed by atoms with van der Waals surface area (Å²) >= 11 is 0. The zero-order chi connectivity index (χ0) is 18.6. The molecule has 0 amide bonds. The van der Waals surface area contributed by atoms with Crippen LogP contribution in [-0.4, -0.2) is 24.5 Å².